The molecular weight excluding hydrogens is 252 g/mol. The first kappa shape index (κ1) is 12.3. The molecule has 2 rings (SSSR count). The van der Waals surface area contributed by atoms with Crippen molar-refractivity contribution in [2.45, 2.75) is 6.92 Å². The summed E-state index contributed by atoms with van der Waals surface area (Å²) in [5.74, 6) is -0.581. The number of benzene rings is 1. The van der Waals surface area contributed by atoms with Gasteiger partial charge in [-0.15, -0.1) is 11.3 Å². The van der Waals surface area contributed by atoms with Crippen LogP contribution in [0.2, 0.25) is 0 Å². The molecule has 0 unspecified atom stereocenters. The van der Waals surface area contributed by atoms with E-state index in [0.29, 0.717) is 5.56 Å². The van der Waals surface area contributed by atoms with Crippen molar-refractivity contribution >= 4 is 29.2 Å². The van der Waals surface area contributed by atoms with E-state index in [1.807, 2.05) is 12.3 Å². The van der Waals surface area contributed by atoms with Crippen LogP contribution in [0.4, 0.5) is 5.69 Å². The van der Waals surface area contributed by atoms with Crippen LogP contribution in [0.5, 0.6) is 5.75 Å². The van der Waals surface area contributed by atoms with Crippen LogP contribution in [0.1, 0.15) is 16.3 Å². The molecule has 0 amide bonds. The zero-order chi connectivity index (χ0) is 13.1. The van der Waals surface area contributed by atoms with E-state index in [1.165, 1.54) is 23.5 Å². The van der Waals surface area contributed by atoms with Crippen molar-refractivity contribution in [3.05, 3.63) is 50.0 Å². The Labute approximate surface area is 107 Å². The fraction of sp³-hybridized carbons (Fsp3) is 0.0833. The molecule has 92 valence electrons. The van der Waals surface area contributed by atoms with Gasteiger partial charge in [0.15, 0.2) is 0 Å². The van der Waals surface area contributed by atoms with E-state index >= 15 is 0 Å². The molecule has 5 nitrogen and oxygen atoms in total. The van der Waals surface area contributed by atoms with Gasteiger partial charge in [-0.3, -0.25) is 10.1 Å². The van der Waals surface area contributed by atoms with Gasteiger partial charge in [-0.2, -0.15) is 0 Å². The first-order valence-electron chi connectivity index (χ1n) is 5.12. The third-order valence-electron chi connectivity index (χ3n) is 2.23. The molecule has 1 aromatic carbocycles. The lowest BCUT2D eigenvalue weighted by Crippen LogP contribution is -1.97. The van der Waals surface area contributed by atoms with E-state index < -0.39 is 16.4 Å². The summed E-state index contributed by atoms with van der Waals surface area (Å²) in [7, 11) is 0. The minimum atomic E-state index is -0.673. The lowest BCUT2D eigenvalue weighted by molar-refractivity contribution is -0.398. The number of nitro benzene ring substituents is 1. The monoisotopic (exact) mass is 261 g/mol. The fourth-order valence-electron chi connectivity index (χ4n) is 1.40. The zero-order valence-electron chi connectivity index (χ0n) is 9.49. The van der Waals surface area contributed by atoms with Gasteiger partial charge in [0.25, 0.3) is 5.69 Å². The van der Waals surface area contributed by atoms with Gasteiger partial charge in [0.2, 0.25) is 0 Å². The molecule has 1 aromatic heterocycles. The largest absolute Gasteiger partial charge is 0.868 e. The van der Waals surface area contributed by atoms with Crippen LogP contribution in [0.25, 0.3) is 12.2 Å². The summed E-state index contributed by atoms with van der Waals surface area (Å²) >= 11 is 1.49. The van der Waals surface area contributed by atoms with Gasteiger partial charge in [-0.1, -0.05) is 18.2 Å². The molecule has 0 saturated heterocycles. The highest BCUT2D eigenvalue weighted by atomic mass is 32.1. The van der Waals surface area contributed by atoms with Crippen LogP contribution >= 0.6 is 11.3 Å². The molecule has 0 aliphatic carbocycles. The molecule has 0 radical (unpaired) electrons. The van der Waals surface area contributed by atoms with Crippen molar-refractivity contribution in [2.24, 2.45) is 0 Å². The van der Waals surface area contributed by atoms with Crippen LogP contribution in [0, 0.1) is 17.0 Å². The lowest BCUT2D eigenvalue weighted by atomic mass is 10.2. The molecule has 0 N–H and O–H groups in total. The molecule has 0 fully saturated rings. The molecule has 1 heterocycles. The Morgan fingerprint density at radius 2 is 2.17 bits per heavy atom. The summed E-state index contributed by atoms with van der Waals surface area (Å²) in [5.41, 5.74) is 1.13. The van der Waals surface area contributed by atoms with Gasteiger partial charge in [-0.25, -0.2) is 4.98 Å². The van der Waals surface area contributed by atoms with Gasteiger partial charge in [0.1, 0.15) is 5.01 Å². The van der Waals surface area contributed by atoms with Crippen LogP contribution in [0.15, 0.2) is 23.6 Å². The van der Waals surface area contributed by atoms with Gasteiger partial charge < -0.3 is 5.11 Å². The van der Waals surface area contributed by atoms with E-state index in [-0.39, 0.29) is 0 Å². The third kappa shape index (κ3) is 2.72. The number of rotatable bonds is 3. The highest BCUT2D eigenvalue weighted by Gasteiger charge is 2.06. The highest BCUT2D eigenvalue weighted by molar-refractivity contribution is 7.10. The Morgan fingerprint density at radius 1 is 1.39 bits per heavy atom. The minimum Gasteiger partial charge on any atom is -0.868 e. The molecule has 0 saturated carbocycles. The molecule has 2 aromatic rings. The smallest absolute Gasteiger partial charge is 0.262 e. The second kappa shape index (κ2) is 4.97. The fourth-order valence-corrected chi connectivity index (χ4v) is 2.08. The number of hydrogen-bond donors (Lipinski definition) is 0. The number of aryl methyl sites for hydroxylation is 1. The maximum Gasteiger partial charge on any atom is 0.262 e. The number of aromatic nitrogens is 1. The van der Waals surface area contributed by atoms with Gasteiger partial charge in [0.05, 0.1) is 4.92 Å². The molecule has 0 aliphatic heterocycles. The first-order valence-corrected chi connectivity index (χ1v) is 6.00. The SMILES string of the molecule is Cc1csc(/C=C/c2ccc([O-])c([N+](=O)[O-])c2)n1. The quantitative estimate of drug-likeness (QED) is 0.628. The predicted molar refractivity (Wildman–Crippen MR) is 68.3 cm³/mol. The number of hydrogen-bond acceptors (Lipinski definition) is 5. The Kier molecular flexibility index (Phi) is 3.38. The average molecular weight is 261 g/mol. The van der Waals surface area contributed by atoms with Crippen molar-refractivity contribution in [1.82, 2.24) is 4.98 Å². The molecular formula is C12H9N2O3S-. The summed E-state index contributed by atoms with van der Waals surface area (Å²) in [6.45, 7) is 1.89. The number of nitro groups is 1. The van der Waals surface area contributed by atoms with Gasteiger partial charge >= 0.3 is 0 Å². The standard InChI is InChI=1S/C12H10N2O3S/c1-8-7-18-12(13-8)5-3-9-2-4-11(15)10(6-9)14(16)17/h2-7,15H,1H3/p-1/b5-3+. The molecule has 18 heavy (non-hydrogen) atoms. The normalized spacial score (nSPS) is 10.9. The molecule has 0 bridgehead atoms. The molecule has 0 spiro atoms. The molecule has 0 atom stereocenters. The lowest BCUT2D eigenvalue weighted by Gasteiger charge is -2.05. The minimum absolute atomic E-state index is 0.410. The summed E-state index contributed by atoms with van der Waals surface area (Å²) in [6, 6.07) is 4.01. The van der Waals surface area contributed by atoms with Gasteiger partial charge in [0, 0.05) is 17.1 Å². The third-order valence-corrected chi connectivity index (χ3v) is 3.16. The summed E-state index contributed by atoms with van der Waals surface area (Å²) in [5, 5.41) is 24.6. The van der Waals surface area contributed by atoms with Crippen molar-refractivity contribution in [1.29, 1.82) is 0 Å². The van der Waals surface area contributed by atoms with E-state index in [2.05, 4.69) is 4.98 Å². The van der Waals surface area contributed by atoms with Crippen LogP contribution in [0.3, 0.4) is 0 Å². The van der Waals surface area contributed by atoms with Gasteiger partial charge in [-0.05, 0) is 24.3 Å². The highest BCUT2D eigenvalue weighted by Crippen LogP contribution is 2.24. The number of thiazole rings is 1. The molecule has 0 aliphatic rings. The topological polar surface area (TPSA) is 79.1 Å². The van der Waals surface area contributed by atoms with Crippen molar-refractivity contribution in [3.63, 3.8) is 0 Å². The average Bonchev–Trinajstić information content (AvgIpc) is 2.74. The predicted octanol–water partition coefficient (Wildman–Crippen LogP) is 2.60. The van der Waals surface area contributed by atoms with E-state index in [0.717, 1.165) is 10.7 Å². The summed E-state index contributed by atoms with van der Waals surface area (Å²) in [6.07, 6.45) is 3.46. The summed E-state index contributed by atoms with van der Waals surface area (Å²) in [4.78, 5) is 14.2. The Hall–Kier alpha value is -2.21. The Bertz CT molecular complexity index is 620. The van der Waals surface area contributed by atoms with Crippen LogP contribution in [-0.2, 0) is 0 Å². The molecule has 6 heteroatoms. The second-order valence-corrected chi connectivity index (χ2v) is 4.53. The van der Waals surface area contributed by atoms with E-state index in [4.69, 9.17) is 0 Å². The van der Waals surface area contributed by atoms with Crippen LogP contribution < -0.4 is 5.11 Å². The van der Waals surface area contributed by atoms with E-state index in [1.54, 1.807) is 18.2 Å². The maximum atomic E-state index is 11.2. The van der Waals surface area contributed by atoms with E-state index in [9.17, 15) is 15.2 Å². The Balaban J connectivity index is 2.27. The maximum absolute atomic E-state index is 11.2. The summed E-state index contributed by atoms with van der Waals surface area (Å²) < 4.78 is 0. The second-order valence-electron chi connectivity index (χ2n) is 3.64. The van der Waals surface area contributed by atoms with Crippen molar-refractivity contribution < 1.29 is 10.0 Å². The van der Waals surface area contributed by atoms with Crippen LogP contribution in [-0.4, -0.2) is 9.91 Å². The zero-order valence-corrected chi connectivity index (χ0v) is 10.3. The number of nitrogens with zero attached hydrogens (tertiary/aromatic N) is 2. The Morgan fingerprint density at radius 3 is 2.78 bits per heavy atom. The van der Waals surface area contributed by atoms with Crippen molar-refractivity contribution in [2.75, 3.05) is 0 Å². The first-order chi connectivity index (χ1) is 8.56. The van der Waals surface area contributed by atoms with Crippen molar-refractivity contribution in [3.8, 4) is 5.75 Å².